The van der Waals surface area contributed by atoms with Crippen LogP contribution in [0.5, 0.6) is 0 Å². The maximum absolute atomic E-state index is 12.8. The fourth-order valence-electron chi connectivity index (χ4n) is 4.50. The standard InChI is InChI=1S/C22H35N3O2.ClH/c1-21(2)11-7-8-15(12-21)24-19-17-10-6-5-9-16(17)18(13-23-19)20(27)25-22(3,4)14-26;/h13,15,26H,5-12,14H2,1-4H3,(H,23,24)(H,25,27);1H. The van der Waals surface area contributed by atoms with Crippen LogP contribution in [0.1, 0.15) is 87.7 Å². The average Bonchev–Trinajstić information content (AvgIpc) is 2.60. The number of hydrogen-bond donors (Lipinski definition) is 3. The smallest absolute Gasteiger partial charge is 0.253 e. The molecule has 3 N–H and O–H groups in total. The van der Waals surface area contributed by atoms with Gasteiger partial charge in [0.1, 0.15) is 5.82 Å². The number of hydrogen-bond acceptors (Lipinski definition) is 4. The van der Waals surface area contributed by atoms with E-state index in [-0.39, 0.29) is 24.9 Å². The highest BCUT2D eigenvalue weighted by Gasteiger charge is 2.30. The number of rotatable bonds is 5. The van der Waals surface area contributed by atoms with E-state index in [1.165, 1.54) is 24.8 Å². The van der Waals surface area contributed by atoms with Crippen molar-refractivity contribution >= 4 is 24.1 Å². The first-order chi connectivity index (χ1) is 12.7. The maximum atomic E-state index is 12.8. The second-order valence-electron chi connectivity index (χ2n) is 9.78. The average molecular weight is 410 g/mol. The zero-order chi connectivity index (χ0) is 19.7. The molecular weight excluding hydrogens is 374 g/mol. The first kappa shape index (κ1) is 23.0. The van der Waals surface area contributed by atoms with Gasteiger partial charge in [0.2, 0.25) is 0 Å². The van der Waals surface area contributed by atoms with Crippen LogP contribution in [0.25, 0.3) is 0 Å². The Bertz CT molecular complexity index is 703. The van der Waals surface area contributed by atoms with Gasteiger partial charge in [-0.05, 0) is 75.3 Å². The summed E-state index contributed by atoms with van der Waals surface area (Å²) in [5.74, 6) is 0.843. The molecule has 0 saturated heterocycles. The zero-order valence-electron chi connectivity index (χ0n) is 17.7. The van der Waals surface area contributed by atoms with Crippen molar-refractivity contribution in [3.8, 4) is 0 Å². The number of amides is 1. The van der Waals surface area contributed by atoms with Crippen molar-refractivity contribution in [1.82, 2.24) is 10.3 Å². The Labute approximate surface area is 175 Å². The molecule has 1 aromatic rings. The Kier molecular flexibility index (Phi) is 7.38. The molecule has 1 atom stereocenters. The highest BCUT2D eigenvalue weighted by Crippen LogP contribution is 2.37. The van der Waals surface area contributed by atoms with Gasteiger partial charge in [-0.2, -0.15) is 0 Å². The summed E-state index contributed by atoms with van der Waals surface area (Å²) in [5.41, 5.74) is 2.77. The van der Waals surface area contributed by atoms with Crippen LogP contribution in [0, 0.1) is 5.41 Å². The SMILES string of the molecule is CC1(C)CCCC(Nc2ncc(C(=O)NC(C)(C)CO)c3c2CCCC3)C1.Cl. The number of halogens is 1. The van der Waals surface area contributed by atoms with Crippen LogP contribution in [0.4, 0.5) is 5.82 Å². The molecule has 3 rings (SSSR count). The van der Waals surface area contributed by atoms with Crippen molar-refractivity contribution in [2.75, 3.05) is 11.9 Å². The zero-order valence-corrected chi connectivity index (χ0v) is 18.5. The molecule has 1 unspecified atom stereocenters. The number of aromatic nitrogens is 1. The summed E-state index contributed by atoms with van der Waals surface area (Å²) in [6.07, 6.45) is 10.8. The molecule has 0 spiro atoms. The summed E-state index contributed by atoms with van der Waals surface area (Å²) in [4.78, 5) is 17.5. The summed E-state index contributed by atoms with van der Waals surface area (Å²) in [5, 5.41) is 16.1. The van der Waals surface area contributed by atoms with E-state index in [0.717, 1.165) is 43.5 Å². The molecule has 1 aromatic heterocycles. The van der Waals surface area contributed by atoms with Crippen molar-refractivity contribution in [2.45, 2.75) is 90.6 Å². The van der Waals surface area contributed by atoms with Gasteiger partial charge in [0.05, 0.1) is 17.7 Å². The second kappa shape index (κ2) is 9.00. The van der Waals surface area contributed by atoms with Gasteiger partial charge in [0.15, 0.2) is 0 Å². The van der Waals surface area contributed by atoms with E-state index in [2.05, 4.69) is 29.5 Å². The molecule has 2 aliphatic rings. The van der Waals surface area contributed by atoms with Crippen molar-refractivity contribution in [3.63, 3.8) is 0 Å². The molecule has 1 heterocycles. The third-order valence-electron chi connectivity index (χ3n) is 6.04. The quantitative estimate of drug-likeness (QED) is 0.679. The fraction of sp³-hybridized carbons (Fsp3) is 0.727. The highest BCUT2D eigenvalue weighted by atomic mass is 35.5. The van der Waals surface area contributed by atoms with E-state index in [9.17, 15) is 9.90 Å². The molecule has 1 amide bonds. The first-order valence-electron chi connectivity index (χ1n) is 10.4. The number of aliphatic hydroxyl groups excluding tert-OH is 1. The van der Waals surface area contributed by atoms with Gasteiger partial charge < -0.3 is 15.7 Å². The van der Waals surface area contributed by atoms with Crippen LogP contribution < -0.4 is 10.6 Å². The van der Waals surface area contributed by atoms with Gasteiger partial charge in [0.25, 0.3) is 5.91 Å². The number of nitrogens with zero attached hydrogens (tertiary/aromatic N) is 1. The number of aliphatic hydroxyl groups is 1. The van der Waals surface area contributed by atoms with Gasteiger partial charge >= 0.3 is 0 Å². The third kappa shape index (κ3) is 5.38. The number of pyridine rings is 1. The van der Waals surface area contributed by atoms with E-state index in [1.807, 2.05) is 13.8 Å². The largest absolute Gasteiger partial charge is 0.394 e. The number of nitrogens with one attached hydrogen (secondary N) is 2. The lowest BCUT2D eigenvalue weighted by molar-refractivity contribution is 0.0867. The predicted molar refractivity (Wildman–Crippen MR) is 116 cm³/mol. The van der Waals surface area contributed by atoms with Gasteiger partial charge in [-0.3, -0.25) is 4.79 Å². The molecule has 158 valence electrons. The van der Waals surface area contributed by atoms with Crippen LogP contribution in [0.3, 0.4) is 0 Å². The van der Waals surface area contributed by atoms with E-state index < -0.39 is 5.54 Å². The number of anilines is 1. The lowest BCUT2D eigenvalue weighted by Gasteiger charge is -2.36. The molecule has 28 heavy (non-hydrogen) atoms. The van der Waals surface area contributed by atoms with E-state index in [4.69, 9.17) is 0 Å². The van der Waals surface area contributed by atoms with E-state index >= 15 is 0 Å². The van der Waals surface area contributed by atoms with E-state index in [1.54, 1.807) is 6.20 Å². The number of fused-ring (bicyclic) bond motifs is 1. The Morgan fingerprint density at radius 3 is 2.57 bits per heavy atom. The van der Waals surface area contributed by atoms with Gasteiger partial charge in [0, 0.05) is 12.2 Å². The van der Waals surface area contributed by atoms with Crippen molar-refractivity contribution in [2.24, 2.45) is 5.41 Å². The topological polar surface area (TPSA) is 74.2 Å². The molecule has 6 heteroatoms. The number of carbonyl (C=O) groups is 1. The van der Waals surface area contributed by atoms with Gasteiger partial charge in [-0.15, -0.1) is 12.4 Å². The highest BCUT2D eigenvalue weighted by molar-refractivity contribution is 5.96. The second-order valence-corrected chi connectivity index (χ2v) is 9.78. The van der Waals surface area contributed by atoms with E-state index in [0.29, 0.717) is 17.0 Å². The molecule has 0 radical (unpaired) electrons. The summed E-state index contributed by atoms with van der Waals surface area (Å²) >= 11 is 0. The van der Waals surface area contributed by atoms with Crippen LogP contribution in [-0.4, -0.2) is 34.2 Å². The van der Waals surface area contributed by atoms with Crippen LogP contribution >= 0.6 is 12.4 Å². The molecule has 1 saturated carbocycles. The predicted octanol–water partition coefficient (Wildman–Crippen LogP) is 4.26. The molecule has 2 aliphatic carbocycles. The van der Waals surface area contributed by atoms with Crippen molar-refractivity contribution < 1.29 is 9.90 Å². The van der Waals surface area contributed by atoms with Crippen molar-refractivity contribution in [3.05, 3.63) is 22.9 Å². The monoisotopic (exact) mass is 409 g/mol. The summed E-state index contributed by atoms with van der Waals surface area (Å²) < 4.78 is 0. The Balaban J connectivity index is 0.00000280. The lowest BCUT2D eigenvalue weighted by atomic mass is 9.75. The third-order valence-corrected chi connectivity index (χ3v) is 6.04. The molecule has 5 nitrogen and oxygen atoms in total. The van der Waals surface area contributed by atoms with Crippen LogP contribution in [0.2, 0.25) is 0 Å². The molecule has 0 aliphatic heterocycles. The van der Waals surface area contributed by atoms with Gasteiger partial charge in [-0.25, -0.2) is 4.98 Å². The van der Waals surface area contributed by atoms with Crippen molar-refractivity contribution in [1.29, 1.82) is 0 Å². The Morgan fingerprint density at radius 1 is 1.25 bits per heavy atom. The maximum Gasteiger partial charge on any atom is 0.253 e. The first-order valence-corrected chi connectivity index (χ1v) is 10.4. The number of carbonyl (C=O) groups excluding carboxylic acids is 1. The Hall–Kier alpha value is -1.33. The van der Waals surface area contributed by atoms with Crippen LogP contribution in [0.15, 0.2) is 6.20 Å². The molecular formula is C22H36ClN3O2. The fourth-order valence-corrected chi connectivity index (χ4v) is 4.50. The van der Waals surface area contributed by atoms with Crippen LogP contribution in [-0.2, 0) is 12.8 Å². The van der Waals surface area contributed by atoms with Gasteiger partial charge in [-0.1, -0.05) is 20.3 Å². The minimum absolute atomic E-state index is 0. The molecule has 1 fully saturated rings. The molecule has 0 aromatic carbocycles. The normalized spacial score (nSPS) is 21.2. The minimum atomic E-state index is -0.636. The Morgan fingerprint density at radius 2 is 1.93 bits per heavy atom. The summed E-state index contributed by atoms with van der Waals surface area (Å²) in [6, 6.07) is 0.459. The summed E-state index contributed by atoms with van der Waals surface area (Å²) in [6.45, 7) is 8.25. The molecule has 0 bridgehead atoms. The lowest BCUT2D eigenvalue weighted by Crippen LogP contribution is -2.46. The summed E-state index contributed by atoms with van der Waals surface area (Å²) in [7, 11) is 0. The minimum Gasteiger partial charge on any atom is -0.394 e.